The number of allylic oxidation sites excluding steroid dienone is 1. The monoisotopic (exact) mass is 390 g/mol. The second-order valence-corrected chi connectivity index (χ2v) is 7.60. The highest BCUT2D eigenvalue weighted by Gasteiger charge is 2.31. The van der Waals surface area contributed by atoms with Crippen LogP contribution in [0.5, 0.6) is 11.5 Å². The summed E-state index contributed by atoms with van der Waals surface area (Å²) in [6, 6.07) is 6.88. The average molecular weight is 390 g/mol. The largest absolute Gasteiger partial charge is 0.507 e. The van der Waals surface area contributed by atoms with E-state index in [1.807, 2.05) is 30.1 Å². The number of aromatic nitrogens is 2. The zero-order chi connectivity index (χ0) is 20.1. The molecule has 0 aliphatic carbocycles. The number of ketones is 1. The first-order valence-corrected chi connectivity index (χ1v) is 9.66. The number of phenols is 1. The third kappa shape index (κ3) is 2.86. The molecule has 5 rings (SSSR count). The van der Waals surface area contributed by atoms with Crippen LogP contribution in [-0.2, 0) is 7.05 Å². The minimum Gasteiger partial charge on any atom is -0.507 e. The third-order valence-electron chi connectivity index (χ3n) is 5.67. The maximum atomic E-state index is 12.8. The third-order valence-corrected chi connectivity index (χ3v) is 5.67. The molecular formula is C22H22N4O3. The quantitative estimate of drug-likeness (QED) is 0.679. The molecule has 1 aromatic carbocycles. The number of phenolic OH excluding ortho intramolecular Hbond substituents is 1. The zero-order valence-corrected chi connectivity index (χ0v) is 16.4. The lowest BCUT2D eigenvalue weighted by Gasteiger charge is -2.34. The van der Waals surface area contributed by atoms with Gasteiger partial charge in [0.25, 0.3) is 0 Å². The number of carbonyl (C=O) groups is 1. The van der Waals surface area contributed by atoms with Crippen LogP contribution in [0.1, 0.15) is 15.9 Å². The van der Waals surface area contributed by atoms with Crippen molar-refractivity contribution in [3.63, 3.8) is 0 Å². The highest BCUT2D eigenvalue weighted by atomic mass is 16.5. The molecular weight excluding hydrogens is 368 g/mol. The number of rotatable bonds is 2. The summed E-state index contributed by atoms with van der Waals surface area (Å²) in [6.07, 6.45) is 5.55. The fourth-order valence-electron chi connectivity index (χ4n) is 4.10. The Hall–Kier alpha value is -3.32. The van der Waals surface area contributed by atoms with Crippen molar-refractivity contribution in [3.8, 4) is 11.5 Å². The molecule has 2 aromatic heterocycles. The van der Waals surface area contributed by atoms with E-state index >= 15 is 0 Å². The Labute approximate surface area is 168 Å². The number of carbonyl (C=O) groups excluding carboxylic acids is 1. The number of hydrogen-bond acceptors (Lipinski definition) is 6. The fourth-order valence-corrected chi connectivity index (χ4v) is 4.10. The zero-order valence-electron chi connectivity index (χ0n) is 16.4. The number of piperazine rings is 1. The SMILES string of the molecule is CN1CCN(c2ccnc3c2c(C=C2Oc4cccc(O)c4C2=O)cn3C)CC1. The Morgan fingerprint density at radius 1 is 1.14 bits per heavy atom. The lowest BCUT2D eigenvalue weighted by Crippen LogP contribution is -2.44. The van der Waals surface area contributed by atoms with Gasteiger partial charge in [-0.3, -0.25) is 4.79 Å². The van der Waals surface area contributed by atoms with Crippen molar-refractivity contribution in [1.82, 2.24) is 14.5 Å². The number of benzene rings is 1. The first-order chi connectivity index (χ1) is 14.0. The number of hydrogen-bond donors (Lipinski definition) is 1. The molecule has 0 unspecified atom stereocenters. The molecule has 0 saturated carbocycles. The Balaban J connectivity index is 1.61. The van der Waals surface area contributed by atoms with E-state index < -0.39 is 0 Å². The van der Waals surface area contributed by atoms with Crippen molar-refractivity contribution < 1.29 is 14.6 Å². The minimum atomic E-state index is -0.305. The number of aromatic hydroxyl groups is 1. The number of Topliss-reactive ketones (excluding diaryl/α,β-unsaturated/α-hetero) is 1. The van der Waals surface area contributed by atoms with E-state index in [-0.39, 0.29) is 22.9 Å². The van der Waals surface area contributed by atoms with Gasteiger partial charge in [-0.05, 0) is 31.3 Å². The van der Waals surface area contributed by atoms with E-state index in [0.717, 1.165) is 48.5 Å². The van der Waals surface area contributed by atoms with Gasteiger partial charge in [-0.15, -0.1) is 0 Å². The first-order valence-electron chi connectivity index (χ1n) is 9.66. The molecule has 148 valence electrons. The molecule has 29 heavy (non-hydrogen) atoms. The van der Waals surface area contributed by atoms with Crippen LogP contribution >= 0.6 is 0 Å². The second-order valence-electron chi connectivity index (χ2n) is 7.60. The van der Waals surface area contributed by atoms with Crippen LogP contribution in [0.15, 0.2) is 42.4 Å². The highest BCUT2D eigenvalue weighted by molar-refractivity contribution is 6.17. The van der Waals surface area contributed by atoms with Crippen molar-refractivity contribution in [3.05, 3.63) is 53.5 Å². The number of nitrogens with zero attached hydrogens (tertiary/aromatic N) is 4. The van der Waals surface area contributed by atoms with Crippen molar-refractivity contribution in [2.45, 2.75) is 0 Å². The smallest absolute Gasteiger partial charge is 0.235 e. The Kier molecular flexibility index (Phi) is 4.06. The summed E-state index contributed by atoms with van der Waals surface area (Å²) < 4.78 is 7.73. The van der Waals surface area contributed by atoms with Crippen molar-refractivity contribution in [2.24, 2.45) is 7.05 Å². The van der Waals surface area contributed by atoms with Crippen LogP contribution in [0.2, 0.25) is 0 Å². The Morgan fingerprint density at radius 2 is 1.93 bits per heavy atom. The van der Waals surface area contributed by atoms with Gasteiger partial charge in [-0.2, -0.15) is 0 Å². The topological polar surface area (TPSA) is 70.8 Å². The number of likely N-dealkylation sites (N-methyl/N-ethyl adjacent to an activating group) is 1. The molecule has 0 radical (unpaired) electrons. The van der Waals surface area contributed by atoms with E-state index in [1.54, 1.807) is 18.2 Å². The van der Waals surface area contributed by atoms with Crippen LogP contribution in [0.25, 0.3) is 17.1 Å². The van der Waals surface area contributed by atoms with Gasteiger partial charge in [0.2, 0.25) is 5.78 Å². The fraction of sp³-hybridized carbons (Fsp3) is 0.273. The number of pyridine rings is 1. The molecule has 7 heteroatoms. The summed E-state index contributed by atoms with van der Waals surface area (Å²) in [7, 11) is 4.08. The molecule has 0 bridgehead atoms. The summed E-state index contributed by atoms with van der Waals surface area (Å²) in [5.41, 5.74) is 3.07. The standard InChI is InChI=1S/C22H22N4O3/c1-24-8-10-26(11-9-24)15-6-7-23-22-19(15)14(13-25(22)2)12-18-21(28)20-16(27)4-3-5-17(20)29-18/h3-7,12-13,27H,8-11H2,1-2H3. The predicted molar refractivity (Wildman–Crippen MR) is 111 cm³/mol. The number of aryl methyl sites for hydroxylation is 1. The Morgan fingerprint density at radius 3 is 2.69 bits per heavy atom. The van der Waals surface area contributed by atoms with Gasteiger partial charge < -0.3 is 24.2 Å². The Bertz CT molecular complexity index is 1160. The van der Waals surface area contributed by atoms with Crippen LogP contribution in [0.4, 0.5) is 5.69 Å². The summed E-state index contributed by atoms with van der Waals surface area (Å²) in [5, 5.41) is 11.0. The summed E-state index contributed by atoms with van der Waals surface area (Å²) >= 11 is 0. The lowest BCUT2D eigenvalue weighted by molar-refractivity contribution is 0.101. The molecule has 3 aromatic rings. The molecule has 7 nitrogen and oxygen atoms in total. The van der Waals surface area contributed by atoms with Gasteiger partial charge in [0.05, 0.1) is 0 Å². The van der Waals surface area contributed by atoms with E-state index in [9.17, 15) is 9.90 Å². The van der Waals surface area contributed by atoms with Crippen LogP contribution in [-0.4, -0.2) is 58.6 Å². The lowest BCUT2D eigenvalue weighted by atomic mass is 10.1. The number of ether oxygens (including phenoxy) is 1. The number of fused-ring (bicyclic) bond motifs is 2. The molecule has 1 fully saturated rings. The second kappa shape index (κ2) is 6.63. The van der Waals surface area contributed by atoms with Gasteiger partial charge >= 0.3 is 0 Å². The maximum Gasteiger partial charge on any atom is 0.235 e. The van der Waals surface area contributed by atoms with Crippen molar-refractivity contribution in [2.75, 3.05) is 38.1 Å². The van der Waals surface area contributed by atoms with Crippen LogP contribution in [0, 0.1) is 0 Å². The summed E-state index contributed by atoms with van der Waals surface area (Å²) in [6.45, 7) is 3.89. The van der Waals surface area contributed by atoms with Gasteiger partial charge in [0, 0.05) is 62.3 Å². The van der Waals surface area contributed by atoms with E-state index in [2.05, 4.69) is 21.8 Å². The van der Waals surface area contributed by atoms with Crippen LogP contribution in [0.3, 0.4) is 0 Å². The molecule has 0 spiro atoms. The molecule has 2 aliphatic heterocycles. The van der Waals surface area contributed by atoms with E-state index in [4.69, 9.17) is 4.74 Å². The van der Waals surface area contributed by atoms with E-state index in [0.29, 0.717) is 5.75 Å². The highest BCUT2D eigenvalue weighted by Crippen LogP contribution is 2.39. The van der Waals surface area contributed by atoms with E-state index in [1.165, 1.54) is 6.07 Å². The van der Waals surface area contributed by atoms with Gasteiger partial charge in [0.1, 0.15) is 22.7 Å². The van der Waals surface area contributed by atoms with Gasteiger partial charge in [0.15, 0.2) is 5.76 Å². The van der Waals surface area contributed by atoms with Crippen LogP contribution < -0.4 is 9.64 Å². The summed E-state index contributed by atoms with van der Waals surface area (Å²) in [5.74, 6) is 0.231. The predicted octanol–water partition coefficient (Wildman–Crippen LogP) is 2.65. The molecule has 4 heterocycles. The molecule has 1 saturated heterocycles. The molecule has 0 atom stereocenters. The minimum absolute atomic E-state index is 0.0615. The summed E-state index contributed by atoms with van der Waals surface area (Å²) in [4.78, 5) is 22.0. The van der Waals surface area contributed by atoms with Crippen molar-refractivity contribution in [1.29, 1.82) is 0 Å². The normalized spacial score (nSPS) is 18.5. The van der Waals surface area contributed by atoms with Gasteiger partial charge in [-0.25, -0.2) is 4.98 Å². The first kappa shape index (κ1) is 17.8. The molecule has 2 aliphatic rings. The molecule has 1 N–H and O–H groups in total. The number of anilines is 1. The van der Waals surface area contributed by atoms with Gasteiger partial charge in [-0.1, -0.05) is 6.07 Å². The van der Waals surface area contributed by atoms with Crippen molar-refractivity contribution >= 4 is 28.6 Å². The average Bonchev–Trinajstić information content (AvgIpc) is 3.21. The maximum absolute atomic E-state index is 12.8. The molecule has 0 amide bonds.